The Hall–Kier alpha value is -1.65. The molecule has 4 nitrogen and oxygen atoms in total. The second-order valence-electron chi connectivity index (χ2n) is 6.48. The van der Waals surface area contributed by atoms with E-state index in [1.165, 1.54) is 18.4 Å². The summed E-state index contributed by atoms with van der Waals surface area (Å²) >= 11 is 0. The monoisotopic (exact) mass is 299 g/mol. The van der Waals surface area contributed by atoms with Crippen LogP contribution in [-0.2, 0) is 6.54 Å². The first-order chi connectivity index (χ1) is 10.6. The van der Waals surface area contributed by atoms with Crippen molar-refractivity contribution in [2.45, 2.75) is 39.3 Å². The lowest BCUT2D eigenvalue weighted by Gasteiger charge is -2.33. The Bertz CT molecular complexity index is 595. The van der Waals surface area contributed by atoms with E-state index in [9.17, 15) is 0 Å². The van der Waals surface area contributed by atoms with Crippen molar-refractivity contribution in [1.82, 2.24) is 9.88 Å². The van der Waals surface area contributed by atoms with Crippen LogP contribution in [0.5, 0.6) is 0 Å². The van der Waals surface area contributed by atoms with Gasteiger partial charge in [0, 0.05) is 18.2 Å². The molecular weight excluding hydrogens is 274 g/mol. The van der Waals surface area contributed by atoms with Crippen molar-refractivity contribution in [3.63, 3.8) is 0 Å². The lowest BCUT2D eigenvalue weighted by Crippen LogP contribution is -2.39. The summed E-state index contributed by atoms with van der Waals surface area (Å²) in [5.74, 6) is 1.37. The van der Waals surface area contributed by atoms with Gasteiger partial charge in [-0.15, -0.1) is 0 Å². The summed E-state index contributed by atoms with van der Waals surface area (Å²) in [5.41, 5.74) is 9.28. The van der Waals surface area contributed by atoms with Crippen molar-refractivity contribution in [2.24, 2.45) is 11.7 Å². The minimum Gasteiger partial charge on any atom is -0.444 e. The Morgan fingerprint density at radius 1 is 1.27 bits per heavy atom. The molecule has 0 bridgehead atoms. The van der Waals surface area contributed by atoms with E-state index in [4.69, 9.17) is 10.2 Å². The van der Waals surface area contributed by atoms with Crippen molar-refractivity contribution in [2.75, 3.05) is 13.1 Å². The number of hydrogen-bond acceptors (Lipinski definition) is 4. The molecule has 22 heavy (non-hydrogen) atoms. The van der Waals surface area contributed by atoms with Gasteiger partial charge in [-0.05, 0) is 57.8 Å². The number of nitrogens with zero attached hydrogens (tertiary/aromatic N) is 2. The Morgan fingerprint density at radius 3 is 2.59 bits per heavy atom. The SMILES string of the molecule is Cc1ccc(-c2nc(CN3CCC(C(C)N)CC3)co2)cc1. The van der Waals surface area contributed by atoms with Crippen LogP contribution in [0.1, 0.15) is 31.0 Å². The molecule has 0 amide bonds. The number of rotatable bonds is 4. The van der Waals surface area contributed by atoms with Crippen LogP contribution in [0.25, 0.3) is 11.5 Å². The number of likely N-dealkylation sites (tertiary alicyclic amines) is 1. The number of aryl methyl sites for hydroxylation is 1. The van der Waals surface area contributed by atoms with Crippen molar-refractivity contribution >= 4 is 0 Å². The average Bonchev–Trinajstić information content (AvgIpc) is 2.97. The average molecular weight is 299 g/mol. The van der Waals surface area contributed by atoms with Crippen molar-refractivity contribution < 1.29 is 4.42 Å². The summed E-state index contributed by atoms with van der Waals surface area (Å²) in [6, 6.07) is 8.58. The predicted octanol–water partition coefficient (Wildman–Crippen LogP) is 3.21. The molecule has 2 aromatic rings. The Balaban J connectivity index is 1.59. The molecule has 1 unspecified atom stereocenters. The van der Waals surface area contributed by atoms with Crippen LogP contribution in [0.15, 0.2) is 34.9 Å². The van der Waals surface area contributed by atoms with E-state index >= 15 is 0 Å². The highest BCUT2D eigenvalue weighted by molar-refractivity contribution is 5.53. The number of piperidine rings is 1. The third-order valence-corrected chi connectivity index (χ3v) is 4.61. The van der Waals surface area contributed by atoms with Crippen LogP contribution >= 0.6 is 0 Å². The zero-order valence-electron chi connectivity index (χ0n) is 13.5. The number of benzene rings is 1. The maximum absolute atomic E-state index is 6.00. The molecular formula is C18H25N3O. The predicted molar refractivity (Wildman–Crippen MR) is 88.3 cm³/mol. The standard InChI is InChI=1S/C18H25N3O/c1-13-3-5-16(6-4-13)18-20-17(12-22-18)11-21-9-7-15(8-10-21)14(2)19/h3-6,12,14-15H,7-11,19H2,1-2H3. The minimum absolute atomic E-state index is 0.308. The van der Waals surface area contributed by atoms with Gasteiger partial charge in [0.25, 0.3) is 0 Å². The highest BCUT2D eigenvalue weighted by atomic mass is 16.3. The highest BCUT2D eigenvalue weighted by Crippen LogP contribution is 2.23. The molecule has 1 saturated heterocycles. The van der Waals surface area contributed by atoms with Gasteiger partial charge in [-0.25, -0.2) is 4.98 Å². The van der Waals surface area contributed by atoms with Crippen molar-refractivity contribution in [1.29, 1.82) is 0 Å². The molecule has 1 fully saturated rings. The van der Waals surface area contributed by atoms with Gasteiger partial charge in [-0.2, -0.15) is 0 Å². The Kier molecular flexibility index (Phi) is 4.60. The van der Waals surface area contributed by atoms with E-state index in [1.807, 2.05) is 0 Å². The molecule has 2 N–H and O–H groups in total. The quantitative estimate of drug-likeness (QED) is 0.942. The van der Waals surface area contributed by atoms with Gasteiger partial charge in [0.05, 0.1) is 5.69 Å². The molecule has 0 saturated carbocycles. The molecule has 2 heterocycles. The summed E-state index contributed by atoms with van der Waals surface area (Å²) in [5, 5.41) is 0. The maximum atomic E-state index is 6.00. The molecule has 1 aromatic heterocycles. The minimum atomic E-state index is 0.308. The number of hydrogen-bond donors (Lipinski definition) is 1. The van der Waals surface area contributed by atoms with Gasteiger partial charge >= 0.3 is 0 Å². The summed E-state index contributed by atoms with van der Waals surface area (Å²) in [6.07, 6.45) is 4.15. The normalized spacial score (nSPS) is 18.5. The lowest BCUT2D eigenvalue weighted by atomic mass is 9.91. The van der Waals surface area contributed by atoms with Gasteiger partial charge < -0.3 is 10.2 Å². The first kappa shape index (κ1) is 15.3. The summed E-state index contributed by atoms with van der Waals surface area (Å²) < 4.78 is 5.63. The first-order valence-electron chi connectivity index (χ1n) is 8.11. The molecule has 1 aliphatic heterocycles. The van der Waals surface area contributed by atoms with Crippen LogP contribution < -0.4 is 5.73 Å². The van der Waals surface area contributed by atoms with Crippen LogP contribution in [-0.4, -0.2) is 29.0 Å². The number of nitrogens with two attached hydrogens (primary N) is 1. The van der Waals surface area contributed by atoms with E-state index in [1.54, 1.807) is 6.26 Å². The molecule has 118 valence electrons. The largest absolute Gasteiger partial charge is 0.444 e. The van der Waals surface area contributed by atoms with Gasteiger partial charge in [-0.3, -0.25) is 4.90 Å². The number of aromatic nitrogens is 1. The zero-order chi connectivity index (χ0) is 15.5. The number of oxazole rings is 1. The zero-order valence-corrected chi connectivity index (χ0v) is 13.5. The topological polar surface area (TPSA) is 55.3 Å². The van der Waals surface area contributed by atoms with Crippen LogP contribution in [0.4, 0.5) is 0 Å². The fourth-order valence-corrected chi connectivity index (χ4v) is 3.07. The lowest BCUT2D eigenvalue weighted by molar-refractivity contribution is 0.164. The van der Waals surface area contributed by atoms with Gasteiger partial charge in [0.1, 0.15) is 6.26 Å². The van der Waals surface area contributed by atoms with E-state index < -0.39 is 0 Å². The van der Waals surface area contributed by atoms with Gasteiger partial charge in [0.15, 0.2) is 0 Å². The summed E-state index contributed by atoms with van der Waals surface area (Å²) in [4.78, 5) is 7.07. The Labute approximate surface area is 132 Å². The third kappa shape index (κ3) is 3.57. The Morgan fingerprint density at radius 2 is 1.95 bits per heavy atom. The van der Waals surface area contributed by atoms with E-state index in [-0.39, 0.29) is 0 Å². The second kappa shape index (κ2) is 6.63. The fraction of sp³-hybridized carbons (Fsp3) is 0.500. The first-order valence-corrected chi connectivity index (χ1v) is 8.11. The summed E-state index contributed by atoms with van der Waals surface area (Å²) in [7, 11) is 0. The maximum Gasteiger partial charge on any atom is 0.226 e. The van der Waals surface area contributed by atoms with Gasteiger partial charge in [-0.1, -0.05) is 17.7 Å². The molecule has 0 aliphatic carbocycles. The highest BCUT2D eigenvalue weighted by Gasteiger charge is 2.22. The molecule has 4 heteroatoms. The second-order valence-corrected chi connectivity index (χ2v) is 6.48. The molecule has 1 atom stereocenters. The third-order valence-electron chi connectivity index (χ3n) is 4.61. The van der Waals surface area contributed by atoms with E-state index in [2.05, 4.69) is 48.0 Å². The van der Waals surface area contributed by atoms with Crippen LogP contribution in [0.2, 0.25) is 0 Å². The van der Waals surface area contributed by atoms with E-state index in [0.29, 0.717) is 17.9 Å². The van der Waals surface area contributed by atoms with Crippen molar-refractivity contribution in [3.8, 4) is 11.5 Å². The van der Waals surface area contributed by atoms with Gasteiger partial charge in [0.2, 0.25) is 5.89 Å². The molecule has 1 aliphatic rings. The molecule has 1 aromatic carbocycles. The van der Waals surface area contributed by atoms with Crippen LogP contribution in [0, 0.1) is 12.8 Å². The van der Waals surface area contributed by atoms with Crippen LogP contribution in [0.3, 0.4) is 0 Å². The van der Waals surface area contributed by atoms with Crippen molar-refractivity contribution in [3.05, 3.63) is 41.8 Å². The molecule has 3 rings (SSSR count). The molecule has 0 spiro atoms. The molecule has 0 radical (unpaired) electrons. The smallest absolute Gasteiger partial charge is 0.226 e. The summed E-state index contributed by atoms with van der Waals surface area (Å²) in [6.45, 7) is 7.25. The fourth-order valence-electron chi connectivity index (χ4n) is 3.07. The van der Waals surface area contributed by atoms with E-state index in [0.717, 1.165) is 30.9 Å².